The van der Waals surface area contributed by atoms with Gasteiger partial charge in [-0.2, -0.15) is 11.8 Å². The zero-order valence-corrected chi connectivity index (χ0v) is 9.81. The Balaban J connectivity index is 1.94. The molecule has 0 radical (unpaired) electrons. The topological polar surface area (TPSA) is 97.1 Å². The number of carboxylic acids is 1. The Morgan fingerprint density at radius 3 is 3.12 bits per heavy atom. The first-order chi connectivity index (χ1) is 8.15. The summed E-state index contributed by atoms with van der Waals surface area (Å²) in [5.41, 5.74) is 0.156. The third kappa shape index (κ3) is 3.19. The summed E-state index contributed by atoms with van der Waals surface area (Å²) >= 11 is 1.80. The third-order valence-corrected chi connectivity index (χ3v) is 3.50. The van der Waals surface area contributed by atoms with E-state index in [9.17, 15) is 9.59 Å². The summed E-state index contributed by atoms with van der Waals surface area (Å²) in [6.45, 7) is -0.292. The van der Waals surface area contributed by atoms with Gasteiger partial charge in [-0.3, -0.25) is 9.59 Å². The summed E-state index contributed by atoms with van der Waals surface area (Å²) in [5.74, 6) is 0.647. The number of carboxylic acid groups (broad SMARTS) is 1. The fourth-order valence-electron chi connectivity index (χ4n) is 1.53. The van der Waals surface area contributed by atoms with Crippen molar-refractivity contribution in [2.75, 3.05) is 11.5 Å². The van der Waals surface area contributed by atoms with Gasteiger partial charge in [-0.15, -0.1) is 5.10 Å². The van der Waals surface area contributed by atoms with Gasteiger partial charge < -0.3 is 10.4 Å². The first-order valence-electron chi connectivity index (χ1n) is 5.15. The van der Waals surface area contributed by atoms with Crippen LogP contribution in [0.3, 0.4) is 0 Å². The minimum Gasteiger partial charge on any atom is -0.480 e. The van der Waals surface area contributed by atoms with Crippen molar-refractivity contribution >= 4 is 23.6 Å². The predicted octanol–water partition coefficient (Wildman–Crippen LogP) is -0.402. The Hall–Kier alpha value is -1.57. The number of aromatic nitrogens is 3. The van der Waals surface area contributed by atoms with Crippen LogP contribution in [0.4, 0.5) is 0 Å². The molecule has 2 heterocycles. The molecule has 17 heavy (non-hydrogen) atoms. The number of hydrogen-bond donors (Lipinski definition) is 2. The number of nitrogens with zero attached hydrogens (tertiary/aromatic N) is 3. The highest BCUT2D eigenvalue weighted by Gasteiger charge is 2.20. The van der Waals surface area contributed by atoms with E-state index < -0.39 is 5.97 Å². The molecule has 92 valence electrons. The van der Waals surface area contributed by atoms with Gasteiger partial charge >= 0.3 is 5.97 Å². The minimum atomic E-state index is -1.02. The average molecular weight is 256 g/mol. The van der Waals surface area contributed by atoms with E-state index in [0.29, 0.717) is 0 Å². The molecule has 1 atom stereocenters. The molecule has 0 aromatic carbocycles. The summed E-state index contributed by atoms with van der Waals surface area (Å²) < 4.78 is 1.13. The highest BCUT2D eigenvalue weighted by atomic mass is 32.2. The fourth-order valence-corrected chi connectivity index (χ4v) is 2.68. The molecule has 1 aromatic rings. The molecule has 1 fully saturated rings. The Morgan fingerprint density at radius 1 is 1.65 bits per heavy atom. The zero-order chi connectivity index (χ0) is 12.3. The van der Waals surface area contributed by atoms with Gasteiger partial charge in [-0.25, -0.2) is 4.68 Å². The Kier molecular flexibility index (Phi) is 3.62. The van der Waals surface area contributed by atoms with Crippen LogP contribution in [0.5, 0.6) is 0 Å². The SMILES string of the molecule is O=C(O)Cn1cc(C(=O)NC2CCSC2)nn1. The minimum absolute atomic E-state index is 0.156. The number of amides is 1. The molecule has 7 nitrogen and oxygen atoms in total. The van der Waals surface area contributed by atoms with Crippen molar-refractivity contribution in [1.82, 2.24) is 20.3 Å². The number of nitrogens with one attached hydrogen (secondary N) is 1. The smallest absolute Gasteiger partial charge is 0.325 e. The first-order valence-corrected chi connectivity index (χ1v) is 6.31. The molecule has 2 rings (SSSR count). The number of rotatable bonds is 4. The fraction of sp³-hybridized carbons (Fsp3) is 0.556. The van der Waals surface area contributed by atoms with Crippen molar-refractivity contribution in [3.63, 3.8) is 0 Å². The molecule has 1 unspecified atom stereocenters. The van der Waals surface area contributed by atoms with E-state index in [-0.39, 0.29) is 24.2 Å². The molecule has 1 aromatic heterocycles. The maximum Gasteiger partial charge on any atom is 0.325 e. The summed E-state index contributed by atoms with van der Waals surface area (Å²) in [4.78, 5) is 22.2. The molecule has 1 aliphatic heterocycles. The van der Waals surface area contributed by atoms with Gasteiger partial charge in [0.15, 0.2) is 5.69 Å². The molecule has 0 spiro atoms. The lowest BCUT2D eigenvalue weighted by Gasteiger charge is -2.08. The quantitative estimate of drug-likeness (QED) is 0.760. The van der Waals surface area contributed by atoms with E-state index in [4.69, 9.17) is 5.11 Å². The molecule has 1 saturated heterocycles. The molecular weight excluding hydrogens is 244 g/mol. The van der Waals surface area contributed by atoms with Crippen molar-refractivity contribution < 1.29 is 14.7 Å². The maximum atomic E-state index is 11.7. The molecule has 0 aliphatic carbocycles. The van der Waals surface area contributed by atoms with E-state index in [2.05, 4.69) is 15.6 Å². The van der Waals surface area contributed by atoms with Crippen molar-refractivity contribution in [3.8, 4) is 0 Å². The standard InChI is InChI=1S/C9H12N4O3S/c14-8(15)4-13-3-7(11-12-13)9(16)10-6-1-2-17-5-6/h3,6H,1-2,4-5H2,(H,10,16)(H,14,15). The van der Waals surface area contributed by atoms with Gasteiger partial charge in [0.2, 0.25) is 0 Å². The Labute approximate surface area is 102 Å². The van der Waals surface area contributed by atoms with Crippen LogP contribution in [0.2, 0.25) is 0 Å². The van der Waals surface area contributed by atoms with Crippen molar-refractivity contribution in [3.05, 3.63) is 11.9 Å². The summed E-state index contributed by atoms with van der Waals surface area (Å²) in [6, 6.07) is 0.178. The van der Waals surface area contributed by atoms with Crippen LogP contribution in [0.1, 0.15) is 16.9 Å². The summed E-state index contributed by atoms with van der Waals surface area (Å²) in [6.07, 6.45) is 2.30. The van der Waals surface area contributed by atoms with E-state index >= 15 is 0 Å². The number of carbonyl (C=O) groups is 2. The maximum absolute atomic E-state index is 11.7. The van der Waals surface area contributed by atoms with Crippen LogP contribution in [-0.4, -0.2) is 49.5 Å². The predicted molar refractivity (Wildman–Crippen MR) is 60.9 cm³/mol. The van der Waals surface area contributed by atoms with Gasteiger partial charge in [-0.05, 0) is 12.2 Å². The van der Waals surface area contributed by atoms with Crippen molar-refractivity contribution in [2.24, 2.45) is 0 Å². The Bertz CT molecular complexity index is 428. The lowest BCUT2D eigenvalue weighted by Crippen LogP contribution is -2.34. The second kappa shape index (κ2) is 5.17. The monoisotopic (exact) mass is 256 g/mol. The van der Waals surface area contributed by atoms with Gasteiger partial charge in [0, 0.05) is 11.8 Å². The zero-order valence-electron chi connectivity index (χ0n) is 9.00. The van der Waals surface area contributed by atoms with E-state index in [1.54, 1.807) is 11.8 Å². The summed E-state index contributed by atoms with van der Waals surface area (Å²) in [7, 11) is 0. The van der Waals surface area contributed by atoms with E-state index in [1.165, 1.54) is 6.20 Å². The van der Waals surface area contributed by atoms with Crippen LogP contribution in [0.25, 0.3) is 0 Å². The van der Waals surface area contributed by atoms with E-state index in [1.807, 2.05) is 0 Å². The first kappa shape index (κ1) is 11.9. The highest BCUT2D eigenvalue weighted by Crippen LogP contribution is 2.17. The van der Waals surface area contributed by atoms with Gasteiger partial charge in [0.05, 0.1) is 6.20 Å². The second-order valence-corrected chi connectivity index (χ2v) is 4.88. The normalized spacial score (nSPS) is 19.2. The lowest BCUT2D eigenvalue weighted by atomic mass is 10.2. The third-order valence-electron chi connectivity index (χ3n) is 2.33. The second-order valence-electron chi connectivity index (χ2n) is 3.73. The van der Waals surface area contributed by atoms with Crippen molar-refractivity contribution in [2.45, 2.75) is 19.0 Å². The molecule has 1 amide bonds. The number of thioether (sulfide) groups is 1. The van der Waals surface area contributed by atoms with Crippen LogP contribution in [-0.2, 0) is 11.3 Å². The van der Waals surface area contributed by atoms with Crippen LogP contribution < -0.4 is 5.32 Å². The molecule has 1 aliphatic rings. The van der Waals surface area contributed by atoms with E-state index in [0.717, 1.165) is 22.6 Å². The van der Waals surface area contributed by atoms with Gasteiger partial charge in [-0.1, -0.05) is 5.21 Å². The molecular formula is C9H12N4O3S. The largest absolute Gasteiger partial charge is 0.480 e. The Morgan fingerprint density at radius 2 is 2.47 bits per heavy atom. The van der Waals surface area contributed by atoms with Gasteiger partial charge in [0.25, 0.3) is 5.91 Å². The van der Waals surface area contributed by atoms with Gasteiger partial charge in [0.1, 0.15) is 6.54 Å². The summed E-state index contributed by atoms with van der Waals surface area (Å²) in [5, 5.41) is 18.6. The molecule has 8 heteroatoms. The van der Waals surface area contributed by atoms with Crippen LogP contribution >= 0.6 is 11.8 Å². The van der Waals surface area contributed by atoms with Crippen molar-refractivity contribution in [1.29, 1.82) is 0 Å². The number of hydrogen-bond acceptors (Lipinski definition) is 5. The molecule has 2 N–H and O–H groups in total. The van der Waals surface area contributed by atoms with Crippen LogP contribution in [0.15, 0.2) is 6.20 Å². The number of carbonyl (C=O) groups excluding carboxylic acids is 1. The number of aliphatic carboxylic acids is 1. The highest BCUT2D eigenvalue weighted by molar-refractivity contribution is 7.99. The molecule has 0 bridgehead atoms. The average Bonchev–Trinajstić information content (AvgIpc) is 2.87. The van der Waals surface area contributed by atoms with Crippen LogP contribution in [0, 0.1) is 0 Å². The molecule has 0 saturated carbocycles. The lowest BCUT2D eigenvalue weighted by molar-refractivity contribution is -0.137.